The van der Waals surface area contributed by atoms with Gasteiger partial charge < -0.3 is 9.47 Å². The lowest BCUT2D eigenvalue weighted by Crippen LogP contribution is -2.18. The molecule has 6 heteroatoms. The minimum Gasteiger partial charge on any atom is -0.490 e. The molecule has 0 aliphatic heterocycles. The second-order valence-corrected chi connectivity index (χ2v) is 5.60. The van der Waals surface area contributed by atoms with Crippen LogP contribution >= 0.6 is 0 Å². The number of para-hydroxylation sites is 2. The number of primary sulfonamides is 1. The number of hydrogen-bond acceptors (Lipinski definition) is 4. The van der Waals surface area contributed by atoms with Crippen LogP contribution in [-0.4, -0.2) is 27.4 Å². The van der Waals surface area contributed by atoms with E-state index in [2.05, 4.69) is 0 Å². The van der Waals surface area contributed by atoms with E-state index in [0.29, 0.717) is 31.1 Å². The van der Waals surface area contributed by atoms with E-state index < -0.39 is 10.0 Å². The zero-order chi connectivity index (χ0) is 13.4. The molecule has 5 nitrogen and oxygen atoms in total. The molecule has 18 heavy (non-hydrogen) atoms. The summed E-state index contributed by atoms with van der Waals surface area (Å²) in [6.45, 7) is 2.94. The van der Waals surface area contributed by atoms with Gasteiger partial charge in [0, 0.05) is 0 Å². The molecular weight excluding hydrogens is 254 g/mol. The lowest BCUT2D eigenvalue weighted by Gasteiger charge is -2.11. The van der Waals surface area contributed by atoms with Gasteiger partial charge in [0.15, 0.2) is 11.5 Å². The lowest BCUT2D eigenvalue weighted by molar-refractivity contribution is 0.268. The topological polar surface area (TPSA) is 78.6 Å². The van der Waals surface area contributed by atoms with Crippen molar-refractivity contribution in [1.82, 2.24) is 0 Å². The standard InChI is InChI=1S/C12H19NO4S/c1-2-8-16-11-6-3-4-7-12(11)17-9-5-10-18(13,14)15/h3-4,6-7H,2,5,8-10H2,1H3,(H2,13,14,15). The lowest BCUT2D eigenvalue weighted by atomic mass is 10.3. The van der Waals surface area contributed by atoms with E-state index in [-0.39, 0.29) is 5.75 Å². The molecular formula is C12H19NO4S. The molecule has 0 aromatic heterocycles. The summed E-state index contributed by atoms with van der Waals surface area (Å²) in [6.07, 6.45) is 1.28. The first-order valence-electron chi connectivity index (χ1n) is 5.88. The Balaban J connectivity index is 2.46. The van der Waals surface area contributed by atoms with Crippen molar-refractivity contribution in [3.63, 3.8) is 0 Å². The molecule has 0 atom stereocenters. The van der Waals surface area contributed by atoms with Crippen LogP contribution < -0.4 is 14.6 Å². The minimum atomic E-state index is -3.41. The number of hydrogen-bond donors (Lipinski definition) is 1. The quantitative estimate of drug-likeness (QED) is 0.729. The molecule has 0 unspecified atom stereocenters. The van der Waals surface area contributed by atoms with E-state index in [1.165, 1.54) is 0 Å². The molecule has 0 heterocycles. The first-order chi connectivity index (χ1) is 8.53. The van der Waals surface area contributed by atoms with E-state index >= 15 is 0 Å². The van der Waals surface area contributed by atoms with Crippen molar-refractivity contribution in [3.05, 3.63) is 24.3 Å². The van der Waals surface area contributed by atoms with Crippen LogP contribution in [0.15, 0.2) is 24.3 Å². The second-order valence-electron chi connectivity index (χ2n) is 3.86. The Kier molecular flexibility index (Phi) is 5.94. The third kappa shape index (κ3) is 5.88. The van der Waals surface area contributed by atoms with E-state index in [4.69, 9.17) is 14.6 Å². The minimum absolute atomic E-state index is 0.0784. The summed E-state index contributed by atoms with van der Waals surface area (Å²) in [5.41, 5.74) is 0. The molecule has 0 amide bonds. The number of ether oxygens (including phenoxy) is 2. The molecule has 0 bridgehead atoms. The highest BCUT2D eigenvalue weighted by molar-refractivity contribution is 7.89. The van der Waals surface area contributed by atoms with Gasteiger partial charge in [0.05, 0.1) is 19.0 Å². The summed E-state index contributed by atoms with van der Waals surface area (Å²) in [6, 6.07) is 7.32. The second kappa shape index (κ2) is 7.23. The molecule has 0 fully saturated rings. The Morgan fingerprint density at radius 3 is 2.17 bits per heavy atom. The third-order valence-electron chi connectivity index (χ3n) is 2.14. The van der Waals surface area contributed by atoms with Gasteiger partial charge in [0.1, 0.15) is 0 Å². The first kappa shape index (κ1) is 14.8. The SMILES string of the molecule is CCCOc1ccccc1OCCCS(N)(=O)=O. The summed E-state index contributed by atoms with van der Waals surface area (Å²) in [4.78, 5) is 0. The monoisotopic (exact) mass is 273 g/mol. The van der Waals surface area contributed by atoms with Gasteiger partial charge in [-0.25, -0.2) is 13.6 Å². The van der Waals surface area contributed by atoms with Crippen LogP contribution in [0.3, 0.4) is 0 Å². The summed E-state index contributed by atoms with van der Waals surface area (Å²) in [7, 11) is -3.41. The van der Waals surface area contributed by atoms with Crippen LogP contribution in [0.4, 0.5) is 0 Å². The highest BCUT2D eigenvalue weighted by Gasteiger charge is 2.05. The van der Waals surface area contributed by atoms with Crippen LogP contribution in [0.2, 0.25) is 0 Å². The smallest absolute Gasteiger partial charge is 0.209 e. The average Bonchev–Trinajstić information content (AvgIpc) is 2.32. The third-order valence-corrected chi connectivity index (χ3v) is 3.00. The molecule has 0 saturated heterocycles. The van der Waals surface area contributed by atoms with Crippen molar-refractivity contribution in [1.29, 1.82) is 0 Å². The largest absolute Gasteiger partial charge is 0.490 e. The van der Waals surface area contributed by atoms with Gasteiger partial charge in [0.2, 0.25) is 10.0 Å². The van der Waals surface area contributed by atoms with Gasteiger partial charge >= 0.3 is 0 Å². The molecule has 0 spiro atoms. The van der Waals surface area contributed by atoms with Gasteiger partial charge in [-0.2, -0.15) is 0 Å². The maximum Gasteiger partial charge on any atom is 0.209 e. The molecule has 102 valence electrons. The number of benzene rings is 1. The van der Waals surface area contributed by atoms with Crippen LogP contribution in [0, 0.1) is 0 Å². The Hall–Kier alpha value is -1.27. The van der Waals surface area contributed by atoms with Gasteiger partial charge in [-0.05, 0) is 25.0 Å². The Bertz CT molecular complexity index is 459. The highest BCUT2D eigenvalue weighted by Crippen LogP contribution is 2.26. The van der Waals surface area contributed by atoms with Crippen molar-refractivity contribution < 1.29 is 17.9 Å². The summed E-state index contributed by atoms with van der Waals surface area (Å²) >= 11 is 0. The Morgan fingerprint density at radius 1 is 1.11 bits per heavy atom. The van der Waals surface area contributed by atoms with Crippen molar-refractivity contribution in [2.24, 2.45) is 5.14 Å². The zero-order valence-corrected chi connectivity index (χ0v) is 11.3. The zero-order valence-electron chi connectivity index (χ0n) is 10.5. The van der Waals surface area contributed by atoms with Gasteiger partial charge in [0.25, 0.3) is 0 Å². The van der Waals surface area contributed by atoms with Crippen LogP contribution in [0.25, 0.3) is 0 Å². The van der Waals surface area contributed by atoms with E-state index in [9.17, 15) is 8.42 Å². The van der Waals surface area contributed by atoms with Gasteiger partial charge in [-0.15, -0.1) is 0 Å². The Morgan fingerprint density at radius 2 is 1.67 bits per heavy atom. The average molecular weight is 273 g/mol. The maximum absolute atomic E-state index is 10.7. The van der Waals surface area contributed by atoms with Crippen LogP contribution in [0.5, 0.6) is 11.5 Å². The molecule has 1 rings (SSSR count). The summed E-state index contributed by atoms with van der Waals surface area (Å²) in [5, 5.41) is 4.90. The van der Waals surface area contributed by atoms with Crippen molar-refractivity contribution >= 4 is 10.0 Å². The van der Waals surface area contributed by atoms with Crippen molar-refractivity contribution in [2.75, 3.05) is 19.0 Å². The number of sulfonamides is 1. The number of nitrogens with two attached hydrogens (primary N) is 1. The predicted molar refractivity (Wildman–Crippen MR) is 70.3 cm³/mol. The molecule has 0 saturated carbocycles. The van der Waals surface area contributed by atoms with E-state index in [1.807, 2.05) is 25.1 Å². The van der Waals surface area contributed by atoms with Crippen molar-refractivity contribution in [2.45, 2.75) is 19.8 Å². The fraction of sp³-hybridized carbons (Fsp3) is 0.500. The van der Waals surface area contributed by atoms with Gasteiger partial charge in [-0.3, -0.25) is 0 Å². The molecule has 0 aliphatic rings. The summed E-state index contributed by atoms with van der Waals surface area (Å²) in [5.74, 6) is 1.22. The van der Waals surface area contributed by atoms with Gasteiger partial charge in [-0.1, -0.05) is 19.1 Å². The molecule has 1 aromatic rings. The molecule has 1 aromatic carbocycles. The first-order valence-corrected chi connectivity index (χ1v) is 7.59. The predicted octanol–water partition coefficient (Wildman–Crippen LogP) is 1.53. The normalized spacial score (nSPS) is 11.2. The molecule has 0 aliphatic carbocycles. The Labute approximate surface area is 108 Å². The molecule has 0 radical (unpaired) electrons. The van der Waals surface area contributed by atoms with E-state index in [1.54, 1.807) is 6.07 Å². The summed E-state index contributed by atoms with van der Waals surface area (Å²) < 4.78 is 32.5. The van der Waals surface area contributed by atoms with Crippen LogP contribution in [0.1, 0.15) is 19.8 Å². The fourth-order valence-corrected chi connectivity index (χ4v) is 1.86. The van der Waals surface area contributed by atoms with E-state index in [0.717, 1.165) is 6.42 Å². The highest BCUT2D eigenvalue weighted by atomic mass is 32.2. The number of rotatable bonds is 8. The van der Waals surface area contributed by atoms with Crippen LogP contribution in [-0.2, 0) is 10.0 Å². The maximum atomic E-state index is 10.7. The molecule has 2 N–H and O–H groups in total. The van der Waals surface area contributed by atoms with Crippen molar-refractivity contribution in [3.8, 4) is 11.5 Å². The fourth-order valence-electron chi connectivity index (χ4n) is 1.34.